The number of quaternary nitrogens is 1. The van der Waals surface area contributed by atoms with Crippen LogP contribution < -0.4 is 0 Å². The van der Waals surface area contributed by atoms with E-state index in [2.05, 4.69) is 37.9 Å². The van der Waals surface area contributed by atoms with Gasteiger partial charge in [0.25, 0.3) is 10.1 Å². The van der Waals surface area contributed by atoms with E-state index in [9.17, 15) is 13.5 Å². The molecule has 0 fully saturated rings. The summed E-state index contributed by atoms with van der Waals surface area (Å²) in [6, 6.07) is 16.0. The van der Waals surface area contributed by atoms with E-state index in [4.69, 9.17) is 4.55 Å². The number of fused-ring (bicyclic) bond motifs is 1. The number of unbranched alkanes of at least 4 members (excludes halogenated alkanes) is 4. The molecule has 0 spiro atoms. The number of rotatable bonds is 15. The molecule has 0 aliphatic rings. The molecule has 0 aliphatic heterocycles. The average Bonchev–Trinajstić information content (AvgIpc) is 3.01. The van der Waals surface area contributed by atoms with Gasteiger partial charge in [-0.2, -0.15) is 13.5 Å². The van der Waals surface area contributed by atoms with E-state index in [1.807, 2.05) is 38.1 Å². The van der Waals surface area contributed by atoms with Gasteiger partial charge < -0.3 is 9.59 Å². The Hall–Kier alpha value is -2.81. The number of nitrogens with zero attached hydrogens (tertiary/aromatic N) is 3. The summed E-state index contributed by atoms with van der Waals surface area (Å²) in [5, 5.41) is 19.7. The lowest BCUT2D eigenvalue weighted by Crippen LogP contribution is -2.50. The Bertz CT molecular complexity index is 1250. The van der Waals surface area contributed by atoms with Crippen LogP contribution in [0.5, 0.6) is 5.75 Å². The minimum atomic E-state index is -4.23. The molecule has 2 N–H and O–H groups in total. The molecule has 3 aromatic rings. The maximum Gasteiger partial charge on any atom is 0.294 e. The molecule has 8 heteroatoms. The molecule has 7 nitrogen and oxygen atoms in total. The topological polar surface area (TPSA) is 99.3 Å². The lowest BCUT2D eigenvalue weighted by Gasteiger charge is -2.39. The number of hydrogen-bond donors (Lipinski definition) is 2. The van der Waals surface area contributed by atoms with Crippen LogP contribution in [0, 0.1) is 0 Å². The van der Waals surface area contributed by atoms with Crippen LogP contribution in [0.4, 0.5) is 11.4 Å². The zero-order valence-electron chi connectivity index (χ0n) is 26.7. The predicted octanol–water partition coefficient (Wildman–Crippen LogP) is 10.2. The van der Waals surface area contributed by atoms with Gasteiger partial charge in [-0.15, -0.1) is 5.11 Å². The molecule has 0 atom stereocenters. The summed E-state index contributed by atoms with van der Waals surface area (Å²) in [6.45, 7) is 19.0. The van der Waals surface area contributed by atoms with Crippen molar-refractivity contribution in [2.24, 2.45) is 10.2 Å². The largest absolute Gasteiger partial charge is 0.506 e. The van der Waals surface area contributed by atoms with Gasteiger partial charge in [0, 0.05) is 5.39 Å². The molecule has 0 bridgehead atoms. The van der Waals surface area contributed by atoms with Crippen LogP contribution in [0.1, 0.15) is 92.9 Å². The summed E-state index contributed by atoms with van der Waals surface area (Å²) in [5.41, 5.74) is 0.728. The van der Waals surface area contributed by atoms with Crippen molar-refractivity contribution in [2.75, 3.05) is 26.2 Å². The van der Waals surface area contributed by atoms with Crippen molar-refractivity contribution >= 4 is 32.3 Å². The van der Waals surface area contributed by atoms with Gasteiger partial charge >= 0.3 is 0 Å². The second-order valence-electron chi connectivity index (χ2n) is 10.5. The Morgan fingerprint density at radius 3 is 1.60 bits per heavy atom. The van der Waals surface area contributed by atoms with Crippen LogP contribution in [0.2, 0.25) is 0 Å². The van der Waals surface area contributed by atoms with E-state index in [1.54, 1.807) is 6.07 Å². The third kappa shape index (κ3) is 12.6. The standard InChI is InChI=1S/C16H12N2O4S.C16H36N.C2H6/c19-15-10-5-11-3-1-2-4-14(11)16(15)18-17-12-6-8-13(9-7-12)23(20,21)22;1-5-9-13-17(14-10-6-2,15-11-7-3)16-12-8-4;1-2/h1-10,19H,(H,20,21,22);5-16H2,1-4H3;1-2H3/q;+1;. The minimum absolute atomic E-state index is 0.00186. The molecule has 0 aromatic heterocycles. The van der Waals surface area contributed by atoms with E-state index in [0.29, 0.717) is 11.4 Å². The Labute approximate surface area is 255 Å². The van der Waals surface area contributed by atoms with Gasteiger partial charge in [0.2, 0.25) is 0 Å². The van der Waals surface area contributed by atoms with Crippen LogP contribution >= 0.6 is 0 Å². The van der Waals surface area contributed by atoms with Crippen LogP contribution in [-0.2, 0) is 10.1 Å². The van der Waals surface area contributed by atoms with Crippen molar-refractivity contribution in [1.29, 1.82) is 0 Å². The van der Waals surface area contributed by atoms with E-state index in [1.165, 1.54) is 112 Å². The van der Waals surface area contributed by atoms with Gasteiger partial charge in [-0.05, 0) is 61.4 Å². The van der Waals surface area contributed by atoms with Crippen molar-refractivity contribution in [2.45, 2.75) is 97.8 Å². The first-order valence-corrected chi connectivity index (χ1v) is 17.2. The Morgan fingerprint density at radius 2 is 1.14 bits per heavy atom. The molecule has 3 rings (SSSR count). The zero-order chi connectivity index (χ0) is 31.4. The predicted molar refractivity (Wildman–Crippen MR) is 177 cm³/mol. The molecule has 234 valence electrons. The SMILES string of the molecule is CC.CCCC[N+](CCCC)(CCCC)CCCC.O=S(=O)(O)c1ccc(N=Nc2c(O)ccc3ccccc23)cc1. The fourth-order valence-corrected chi connectivity index (χ4v) is 5.27. The molecule has 0 heterocycles. The van der Waals surface area contributed by atoms with E-state index in [-0.39, 0.29) is 10.6 Å². The van der Waals surface area contributed by atoms with Crippen molar-refractivity contribution in [3.63, 3.8) is 0 Å². The smallest absolute Gasteiger partial charge is 0.294 e. The van der Waals surface area contributed by atoms with Crippen molar-refractivity contribution in [3.05, 3.63) is 60.7 Å². The molecule has 42 heavy (non-hydrogen) atoms. The van der Waals surface area contributed by atoms with Crippen LogP contribution in [0.15, 0.2) is 75.8 Å². The summed E-state index contributed by atoms with van der Waals surface area (Å²) in [5.74, 6) is 0.00186. The summed E-state index contributed by atoms with van der Waals surface area (Å²) < 4.78 is 32.3. The highest BCUT2D eigenvalue weighted by atomic mass is 32.2. The Morgan fingerprint density at radius 1 is 0.667 bits per heavy atom. The van der Waals surface area contributed by atoms with E-state index in [0.717, 1.165) is 10.8 Å². The third-order valence-corrected chi connectivity index (χ3v) is 8.09. The van der Waals surface area contributed by atoms with Crippen LogP contribution in [-0.4, -0.2) is 48.7 Å². The number of benzene rings is 3. The Balaban J connectivity index is 0.000000416. The lowest BCUT2D eigenvalue weighted by atomic mass is 10.1. The molecule has 0 aliphatic carbocycles. The summed E-state index contributed by atoms with van der Waals surface area (Å²) in [4.78, 5) is -0.218. The van der Waals surface area contributed by atoms with Crippen LogP contribution in [0.3, 0.4) is 0 Å². The summed E-state index contributed by atoms with van der Waals surface area (Å²) in [7, 11) is -4.23. The number of hydrogen-bond acceptors (Lipinski definition) is 5. The highest BCUT2D eigenvalue weighted by molar-refractivity contribution is 7.85. The van der Waals surface area contributed by atoms with Gasteiger partial charge in [0.15, 0.2) is 0 Å². The number of phenolic OH excluding ortho intramolecular Hbond substituents is 1. The first-order valence-electron chi connectivity index (χ1n) is 15.7. The zero-order valence-corrected chi connectivity index (χ0v) is 27.5. The molecule has 0 saturated heterocycles. The third-order valence-electron chi connectivity index (χ3n) is 7.22. The maximum absolute atomic E-state index is 11.0. The maximum atomic E-state index is 11.0. The highest BCUT2D eigenvalue weighted by Crippen LogP contribution is 2.36. The van der Waals surface area contributed by atoms with Crippen molar-refractivity contribution < 1.29 is 22.6 Å². The summed E-state index contributed by atoms with van der Waals surface area (Å²) >= 11 is 0. The van der Waals surface area contributed by atoms with Gasteiger partial charge in [-0.25, -0.2) is 0 Å². The fourth-order valence-electron chi connectivity index (χ4n) is 4.79. The molecule has 3 aromatic carbocycles. The number of azo groups is 1. The second-order valence-corrected chi connectivity index (χ2v) is 11.9. The number of aromatic hydroxyl groups is 1. The van der Waals surface area contributed by atoms with E-state index >= 15 is 0 Å². The highest BCUT2D eigenvalue weighted by Gasteiger charge is 2.24. The lowest BCUT2D eigenvalue weighted by molar-refractivity contribution is -0.929. The average molecular weight is 601 g/mol. The molecular weight excluding hydrogens is 546 g/mol. The molecule has 0 amide bonds. The fraction of sp³-hybridized carbons (Fsp3) is 0.529. The second kappa shape index (κ2) is 20.2. The molecule has 0 unspecified atom stereocenters. The van der Waals surface area contributed by atoms with Crippen molar-refractivity contribution in [1.82, 2.24) is 0 Å². The normalized spacial score (nSPS) is 11.6. The van der Waals surface area contributed by atoms with Crippen LogP contribution in [0.25, 0.3) is 10.8 Å². The van der Waals surface area contributed by atoms with Gasteiger partial charge in [-0.3, -0.25) is 4.55 Å². The molecular formula is C34H54N3O4S+. The first kappa shape index (κ1) is 37.2. The molecule has 0 saturated carbocycles. The minimum Gasteiger partial charge on any atom is -0.506 e. The number of phenols is 1. The monoisotopic (exact) mass is 600 g/mol. The first-order chi connectivity index (χ1) is 20.2. The van der Waals surface area contributed by atoms with Crippen molar-refractivity contribution in [3.8, 4) is 5.75 Å². The van der Waals surface area contributed by atoms with Gasteiger partial charge in [-0.1, -0.05) is 97.6 Å². The Kier molecular flexibility index (Phi) is 17.9. The molecule has 0 radical (unpaired) electrons. The van der Waals surface area contributed by atoms with Gasteiger partial charge in [0.1, 0.15) is 11.4 Å². The quantitative estimate of drug-likeness (QED) is 0.103. The van der Waals surface area contributed by atoms with Gasteiger partial charge in [0.05, 0.1) is 36.8 Å². The summed E-state index contributed by atoms with van der Waals surface area (Å²) in [6.07, 6.45) is 11.1. The van der Waals surface area contributed by atoms with E-state index < -0.39 is 10.1 Å².